The topological polar surface area (TPSA) is 32.3 Å². The van der Waals surface area contributed by atoms with Crippen LogP contribution in [0.15, 0.2) is 23.9 Å². The molecule has 0 unspecified atom stereocenters. The van der Waals surface area contributed by atoms with Crippen molar-refractivity contribution in [1.82, 2.24) is 10.2 Å². The van der Waals surface area contributed by atoms with E-state index in [1.165, 1.54) is 19.3 Å². The van der Waals surface area contributed by atoms with Crippen molar-refractivity contribution in [2.75, 3.05) is 19.6 Å². The molecule has 0 aliphatic carbocycles. The smallest absolute Gasteiger partial charge is 0.227 e. The van der Waals surface area contributed by atoms with E-state index in [1.54, 1.807) is 0 Å². The molecule has 0 aromatic heterocycles. The first-order valence-corrected chi connectivity index (χ1v) is 5.73. The van der Waals surface area contributed by atoms with Crippen LogP contribution in [0.4, 0.5) is 0 Å². The van der Waals surface area contributed by atoms with Gasteiger partial charge >= 0.3 is 0 Å². The molecule has 1 N–H and O–H groups in total. The quantitative estimate of drug-likeness (QED) is 0.741. The van der Waals surface area contributed by atoms with Crippen LogP contribution >= 0.6 is 0 Å². The minimum absolute atomic E-state index is 0.273. The fraction of sp³-hybridized carbons (Fsp3) is 0.583. The molecule has 1 amide bonds. The molecule has 2 aliphatic rings. The van der Waals surface area contributed by atoms with Gasteiger partial charge in [0, 0.05) is 25.8 Å². The molecule has 2 rings (SSSR count). The number of piperidine rings is 1. The standard InChI is InChI=1S/C12H18N2O/c15-12(14-7-2-1-3-8-14)9-11-5-4-6-13-10-11/h4-5,10,13H,1-3,6-9H2. The summed E-state index contributed by atoms with van der Waals surface area (Å²) in [5.74, 6) is 0.273. The number of dihydropyridines is 1. The fourth-order valence-electron chi connectivity index (χ4n) is 2.06. The van der Waals surface area contributed by atoms with E-state index in [9.17, 15) is 4.79 Å². The zero-order chi connectivity index (χ0) is 10.5. The molecular formula is C12H18N2O. The van der Waals surface area contributed by atoms with Gasteiger partial charge in [0.1, 0.15) is 0 Å². The molecular weight excluding hydrogens is 188 g/mol. The minimum atomic E-state index is 0.273. The van der Waals surface area contributed by atoms with Crippen molar-refractivity contribution in [3.05, 3.63) is 23.9 Å². The Kier molecular flexibility index (Phi) is 3.43. The van der Waals surface area contributed by atoms with E-state index in [1.807, 2.05) is 17.2 Å². The predicted molar refractivity (Wildman–Crippen MR) is 60.3 cm³/mol. The maximum absolute atomic E-state index is 11.9. The first kappa shape index (κ1) is 10.3. The largest absolute Gasteiger partial charge is 0.387 e. The summed E-state index contributed by atoms with van der Waals surface area (Å²) in [6, 6.07) is 0. The highest BCUT2D eigenvalue weighted by molar-refractivity contribution is 5.79. The first-order chi connectivity index (χ1) is 7.36. The minimum Gasteiger partial charge on any atom is -0.387 e. The number of allylic oxidation sites excluding steroid dienone is 1. The number of likely N-dealkylation sites (tertiary alicyclic amines) is 1. The Hall–Kier alpha value is -1.25. The third kappa shape index (κ3) is 2.85. The van der Waals surface area contributed by atoms with E-state index in [2.05, 4.69) is 11.4 Å². The first-order valence-electron chi connectivity index (χ1n) is 5.73. The van der Waals surface area contributed by atoms with Crippen LogP contribution in [0.25, 0.3) is 0 Å². The van der Waals surface area contributed by atoms with Gasteiger partial charge in [-0.1, -0.05) is 12.2 Å². The number of carbonyl (C=O) groups excluding carboxylic acids is 1. The lowest BCUT2D eigenvalue weighted by molar-refractivity contribution is -0.131. The number of hydrogen-bond acceptors (Lipinski definition) is 2. The van der Waals surface area contributed by atoms with Crippen LogP contribution in [-0.2, 0) is 4.79 Å². The molecule has 0 spiro atoms. The summed E-state index contributed by atoms with van der Waals surface area (Å²) in [4.78, 5) is 13.9. The molecule has 2 heterocycles. The van der Waals surface area contributed by atoms with Crippen LogP contribution in [0.2, 0.25) is 0 Å². The number of nitrogens with zero attached hydrogens (tertiary/aromatic N) is 1. The van der Waals surface area contributed by atoms with Gasteiger partial charge in [-0.15, -0.1) is 0 Å². The Labute approximate surface area is 90.8 Å². The van der Waals surface area contributed by atoms with Gasteiger partial charge in [0.2, 0.25) is 5.91 Å². The van der Waals surface area contributed by atoms with Gasteiger partial charge in [-0.25, -0.2) is 0 Å². The Morgan fingerprint density at radius 3 is 2.80 bits per heavy atom. The van der Waals surface area contributed by atoms with Crippen LogP contribution in [0.1, 0.15) is 25.7 Å². The number of nitrogens with one attached hydrogen (secondary N) is 1. The average Bonchev–Trinajstić information content (AvgIpc) is 2.31. The highest BCUT2D eigenvalue weighted by Gasteiger charge is 2.16. The molecule has 0 radical (unpaired) electrons. The number of amides is 1. The number of rotatable bonds is 2. The van der Waals surface area contributed by atoms with Gasteiger partial charge in [0.15, 0.2) is 0 Å². The normalized spacial score (nSPS) is 20.8. The molecule has 82 valence electrons. The van der Waals surface area contributed by atoms with E-state index in [4.69, 9.17) is 0 Å². The molecule has 3 nitrogen and oxygen atoms in total. The average molecular weight is 206 g/mol. The summed E-state index contributed by atoms with van der Waals surface area (Å²) in [5.41, 5.74) is 1.09. The molecule has 1 saturated heterocycles. The zero-order valence-corrected chi connectivity index (χ0v) is 9.04. The van der Waals surface area contributed by atoms with E-state index < -0.39 is 0 Å². The number of hydrogen-bond donors (Lipinski definition) is 1. The molecule has 1 fully saturated rings. The van der Waals surface area contributed by atoms with Crippen LogP contribution in [0, 0.1) is 0 Å². The predicted octanol–water partition coefficient (Wildman–Crippen LogP) is 1.43. The fourth-order valence-corrected chi connectivity index (χ4v) is 2.06. The third-order valence-corrected chi connectivity index (χ3v) is 2.92. The van der Waals surface area contributed by atoms with Crippen molar-refractivity contribution in [3.63, 3.8) is 0 Å². The lowest BCUT2D eigenvalue weighted by Gasteiger charge is -2.27. The molecule has 0 bridgehead atoms. The van der Waals surface area contributed by atoms with E-state index in [-0.39, 0.29) is 5.91 Å². The maximum Gasteiger partial charge on any atom is 0.227 e. The van der Waals surface area contributed by atoms with Crippen LogP contribution in [-0.4, -0.2) is 30.4 Å². The Balaban J connectivity index is 1.85. The van der Waals surface area contributed by atoms with Crippen molar-refractivity contribution in [2.24, 2.45) is 0 Å². The SMILES string of the molecule is O=C(CC1=CNCC=C1)N1CCCCC1. The van der Waals surface area contributed by atoms with E-state index >= 15 is 0 Å². The maximum atomic E-state index is 11.9. The van der Waals surface area contributed by atoms with Crippen LogP contribution < -0.4 is 5.32 Å². The summed E-state index contributed by atoms with van der Waals surface area (Å²) in [7, 11) is 0. The third-order valence-electron chi connectivity index (χ3n) is 2.92. The van der Waals surface area contributed by atoms with Crippen molar-refractivity contribution >= 4 is 5.91 Å². The molecule has 15 heavy (non-hydrogen) atoms. The Bertz CT molecular complexity index is 288. The second-order valence-corrected chi connectivity index (χ2v) is 4.15. The van der Waals surface area contributed by atoms with Crippen LogP contribution in [0.5, 0.6) is 0 Å². The van der Waals surface area contributed by atoms with Crippen molar-refractivity contribution < 1.29 is 4.79 Å². The second kappa shape index (κ2) is 5.01. The van der Waals surface area contributed by atoms with E-state index in [0.717, 1.165) is 25.2 Å². The molecule has 0 atom stereocenters. The van der Waals surface area contributed by atoms with Crippen molar-refractivity contribution in [1.29, 1.82) is 0 Å². The van der Waals surface area contributed by atoms with Gasteiger partial charge in [-0.3, -0.25) is 4.79 Å². The second-order valence-electron chi connectivity index (χ2n) is 4.15. The number of carbonyl (C=O) groups is 1. The van der Waals surface area contributed by atoms with Gasteiger partial charge in [0.25, 0.3) is 0 Å². The van der Waals surface area contributed by atoms with Gasteiger partial charge in [-0.05, 0) is 24.8 Å². The van der Waals surface area contributed by atoms with Gasteiger partial charge in [0.05, 0.1) is 6.42 Å². The summed E-state index contributed by atoms with van der Waals surface area (Å²) < 4.78 is 0. The zero-order valence-electron chi connectivity index (χ0n) is 9.04. The van der Waals surface area contributed by atoms with Crippen molar-refractivity contribution in [2.45, 2.75) is 25.7 Å². The Morgan fingerprint density at radius 1 is 1.33 bits per heavy atom. The highest BCUT2D eigenvalue weighted by Crippen LogP contribution is 2.13. The lowest BCUT2D eigenvalue weighted by Crippen LogP contribution is -2.35. The summed E-state index contributed by atoms with van der Waals surface area (Å²) >= 11 is 0. The summed E-state index contributed by atoms with van der Waals surface area (Å²) in [6.07, 6.45) is 10.2. The Morgan fingerprint density at radius 2 is 2.13 bits per heavy atom. The molecule has 3 heteroatoms. The van der Waals surface area contributed by atoms with Crippen molar-refractivity contribution in [3.8, 4) is 0 Å². The molecule has 0 aromatic carbocycles. The summed E-state index contributed by atoms with van der Waals surface area (Å²) in [5, 5.41) is 3.12. The van der Waals surface area contributed by atoms with Crippen LogP contribution in [0.3, 0.4) is 0 Å². The van der Waals surface area contributed by atoms with Gasteiger partial charge in [-0.2, -0.15) is 0 Å². The molecule has 0 aromatic rings. The highest BCUT2D eigenvalue weighted by atomic mass is 16.2. The molecule has 0 saturated carbocycles. The molecule has 2 aliphatic heterocycles. The van der Waals surface area contributed by atoms with Gasteiger partial charge < -0.3 is 10.2 Å². The monoisotopic (exact) mass is 206 g/mol. The lowest BCUT2D eigenvalue weighted by atomic mass is 10.1. The summed E-state index contributed by atoms with van der Waals surface area (Å²) in [6.45, 7) is 2.77. The van der Waals surface area contributed by atoms with E-state index in [0.29, 0.717) is 6.42 Å².